The molecule has 5 rings (SSSR count). The Morgan fingerprint density at radius 3 is 2.69 bits per heavy atom. The number of aromatic nitrogens is 2. The van der Waals surface area contributed by atoms with Crippen molar-refractivity contribution < 1.29 is 19.1 Å². The number of benzene rings is 1. The Kier molecular flexibility index (Phi) is 7.62. The fourth-order valence-corrected chi connectivity index (χ4v) is 6.14. The summed E-state index contributed by atoms with van der Waals surface area (Å²) >= 11 is 6.44. The Bertz CT molecular complexity index is 1410. The van der Waals surface area contributed by atoms with Crippen LogP contribution in [0.25, 0.3) is 22.2 Å². The second-order valence-electron chi connectivity index (χ2n) is 11.4. The average Bonchev–Trinajstić information content (AvgIpc) is 3.50. The largest absolute Gasteiger partial charge is 0.444 e. The quantitative estimate of drug-likeness (QED) is 0.416. The number of amides is 2. The van der Waals surface area contributed by atoms with Gasteiger partial charge in [0.1, 0.15) is 23.0 Å². The molecule has 208 valence electrons. The molecular formula is C30H37ClN4O4. The van der Waals surface area contributed by atoms with E-state index in [9.17, 15) is 9.59 Å². The van der Waals surface area contributed by atoms with Gasteiger partial charge in [-0.2, -0.15) is 0 Å². The lowest BCUT2D eigenvalue weighted by Crippen LogP contribution is -2.40. The zero-order chi connectivity index (χ0) is 27.9. The van der Waals surface area contributed by atoms with Gasteiger partial charge in [-0.15, -0.1) is 0 Å². The maximum Gasteiger partial charge on any atom is 0.410 e. The van der Waals surface area contributed by atoms with E-state index in [1.165, 1.54) is 12.7 Å². The first kappa shape index (κ1) is 27.5. The number of pyridine rings is 1. The molecule has 4 heterocycles. The standard InChI is InChI=1S/C30H37ClN4O4/c1-6-21-23-14-20(15-32-28(23)33-27(21)31)19-12-18-9-11-34(26(36)17-38-5)16-24(18)22(13-19)25-8-7-10-35(25)29(37)39-30(2,3)4/h12-15,25H,6-11,16-17H2,1-5H3,(H,32,33). The van der Waals surface area contributed by atoms with Crippen LogP contribution in [0, 0.1) is 0 Å². The number of aryl methyl sites for hydroxylation is 1. The van der Waals surface area contributed by atoms with Gasteiger partial charge in [0.2, 0.25) is 5.91 Å². The predicted octanol–water partition coefficient (Wildman–Crippen LogP) is 6.05. The Morgan fingerprint density at radius 1 is 1.18 bits per heavy atom. The van der Waals surface area contributed by atoms with Crippen LogP contribution in [0.15, 0.2) is 24.4 Å². The number of hydrogen-bond donors (Lipinski definition) is 1. The second kappa shape index (κ2) is 10.8. The highest BCUT2D eigenvalue weighted by atomic mass is 35.5. The summed E-state index contributed by atoms with van der Waals surface area (Å²) in [5.74, 6) is -0.0281. The molecule has 3 aromatic rings. The van der Waals surface area contributed by atoms with E-state index in [2.05, 4.69) is 35.1 Å². The second-order valence-corrected chi connectivity index (χ2v) is 11.8. The van der Waals surface area contributed by atoms with Gasteiger partial charge in [-0.3, -0.25) is 4.79 Å². The van der Waals surface area contributed by atoms with Crippen LogP contribution in [-0.2, 0) is 33.7 Å². The van der Waals surface area contributed by atoms with Crippen LogP contribution in [0.4, 0.5) is 4.79 Å². The van der Waals surface area contributed by atoms with E-state index >= 15 is 0 Å². The van der Waals surface area contributed by atoms with Crippen molar-refractivity contribution in [2.45, 2.75) is 71.6 Å². The summed E-state index contributed by atoms with van der Waals surface area (Å²) in [5, 5.41) is 1.65. The minimum Gasteiger partial charge on any atom is -0.444 e. The number of likely N-dealkylation sites (tertiary alicyclic amines) is 1. The monoisotopic (exact) mass is 552 g/mol. The number of aromatic amines is 1. The third kappa shape index (κ3) is 5.50. The Hall–Kier alpha value is -3.10. The first-order chi connectivity index (χ1) is 18.6. The molecule has 1 aromatic carbocycles. The molecule has 0 aliphatic carbocycles. The predicted molar refractivity (Wildman–Crippen MR) is 152 cm³/mol. The molecule has 0 radical (unpaired) electrons. The summed E-state index contributed by atoms with van der Waals surface area (Å²) in [7, 11) is 1.54. The molecule has 0 saturated carbocycles. The van der Waals surface area contributed by atoms with Crippen LogP contribution in [0.2, 0.25) is 5.15 Å². The summed E-state index contributed by atoms with van der Waals surface area (Å²) in [6.45, 7) is 9.57. The molecule has 9 heteroatoms. The molecule has 39 heavy (non-hydrogen) atoms. The van der Waals surface area contributed by atoms with Crippen molar-refractivity contribution in [2.75, 3.05) is 26.8 Å². The number of methoxy groups -OCH3 is 1. The SMILES string of the molecule is CCc1c(Cl)[nH]c2ncc(-c3cc4c(c(C5CCCN5C(=O)OC(C)(C)C)c3)CN(C(=O)COC)CC4)cc12. The molecule has 1 atom stereocenters. The molecule has 1 saturated heterocycles. The zero-order valence-corrected chi connectivity index (χ0v) is 24.2. The highest BCUT2D eigenvalue weighted by molar-refractivity contribution is 6.31. The van der Waals surface area contributed by atoms with Crippen LogP contribution in [0.5, 0.6) is 0 Å². The minimum atomic E-state index is -0.579. The van der Waals surface area contributed by atoms with Gasteiger partial charge in [0.15, 0.2) is 0 Å². The van der Waals surface area contributed by atoms with E-state index in [1.807, 2.05) is 36.8 Å². The average molecular weight is 553 g/mol. The third-order valence-electron chi connectivity index (χ3n) is 7.63. The summed E-state index contributed by atoms with van der Waals surface area (Å²) in [5.41, 5.74) is 6.68. The van der Waals surface area contributed by atoms with Crippen LogP contribution < -0.4 is 0 Å². The number of carbonyl (C=O) groups excluding carboxylic acids is 2. The van der Waals surface area contributed by atoms with Crippen LogP contribution in [-0.4, -0.2) is 64.2 Å². The molecular weight excluding hydrogens is 516 g/mol. The van der Waals surface area contributed by atoms with E-state index < -0.39 is 5.60 Å². The molecule has 2 amide bonds. The molecule has 0 bridgehead atoms. The number of carbonyl (C=O) groups is 2. The molecule has 1 unspecified atom stereocenters. The normalized spacial score (nSPS) is 17.5. The molecule has 1 N–H and O–H groups in total. The number of hydrogen-bond acceptors (Lipinski definition) is 5. The number of H-pyrrole nitrogens is 1. The van der Waals surface area contributed by atoms with Crippen LogP contribution >= 0.6 is 11.6 Å². The van der Waals surface area contributed by atoms with Crippen molar-refractivity contribution in [1.29, 1.82) is 0 Å². The summed E-state index contributed by atoms with van der Waals surface area (Å²) in [6, 6.07) is 6.41. The van der Waals surface area contributed by atoms with Gasteiger partial charge in [-0.05, 0) is 86.4 Å². The fourth-order valence-electron chi connectivity index (χ4n) is 5.81. The number of ether oxygens (including phenoxy) is 2. The number of halogens is 1. The van der Waals surface area contributed by atoms with Crippen molar-refractivity contribution in [3.63, 3.8) is 0 Å². The van der Waals surface area contributed by atoms with Crippen molar-refractivity contribution in [3.05, 3.63) is 51.8 Å². The fraction of sp³-hybridized carbons (Fsp3) is 0.500. The van der Waals surface area contributed by atoms with Crippen LogP contribution in [0.3, 0.4) is 0 Å². The third-order valence-corrected chi connectivity index (χ3v) is 7.95. The molecule has 1 fully saturated rings. The van der Waals surface area contributed by atoms with E-state index in [4.69, 9.17) is 21.1 Å². The van der Waals surface area contributed by atoms with Gasteiger partial charge in [-0.1, -0.05) is 24.6 Å². The van der Waals surface area contributed by atoms with E-state index in [0.717, 1.165) is 64.5 Å². The summed E-state index contributed by atoms with van der Waals surface area (Å²) < 4.78 is 10.9. The first-order valence-electron chi connectivity index (χ1n) is 13.7. The molecule has 2 aliphatic heterocycles. The lowest BCUT2D eigenvalue weighted by Gasteiger charge is -2.34. The van der Waals surface area contributed by atoms with Crippen molar-refractivity contribution in [3.8, 4) is 11.1 Å². The number of rotatable bonds is 5. The summed E-state index contributed by atoms with van der Waals surface area (Å²) in [6.07, 6.45) is 4.84. The minimum absolute atomic E-state index is 0.0281. The van der Waals surface area contributed by atoms with Crippen LogP contribution in [0.1, 0.15) is 68.8 Å². The maximum atomic E-state index is 13.2. The Morgan fingerprint density at radius 2 is 1.97 bits per heavy atom. The number of nitrogens with one attached hydrogen (secondary N) is 1. The molecule has 8 nitrogen and oxygen atoms in total. The summed E-state index contributed by atoms with van der Waals surface area (Å²) in [4.78, 5) is 37.5. The molecule has 2 aliphatic rings. The zero-order valence-electron chi connectivity index (χ0n) is 23.4. The van der Waals surface area contributed by atoms with Gasteiger partial charge >= 0.3 is 6.09 Å². The van der Waals surface area contributed by atoms with Crippen molar-refractivity contribution >= 4 is 34.6 Å². The highest BCUT2D eigenvalue weighted by Crippen LogP contribution is 2.40. The van der Waals surface area contributed by atoms with Gasteiger partial charge < -0.3 is 24.3 Å². The van der Waals surface area contributed by atoms with Crippen molar-refractivity contribution in [1.82, 2.24) is 19.8 Å². The van der Waals surface area contributed by atoms with Gasteiger partial charge in [-0.25, -0.2) is 9.78 Å². The lowest BCUT2D eigenvalue weighted by molar-refractivity contribution is -0.136. The Labute approximate surface area is 234 Å². The van der Waals surface area contributed by atoms with E-state index in [-0.39, 0.29) is 24.6 Å². The van der Waals surface area contributed by atoms with Gasteiger partial charge in [0.25, 0.3) is 0 Å². The highest BCUT2D eigenvalue weighted by Gasteiger charge is 2.36. The van der Waals surface area contributed by atoms with E-state index in [0.29, 0.717) is 24.8 Å². The lowest BCUT2D eigenvalue weighted by atomic mass is 9.86. The first-order valence-corrected chi connectivity index (χ1v) is 14.1. The van der Waals surface area contributed by atoms with E-state index in [1.54, 1.807) is 0 Å². The number of fused-ring (bicyclic) bond motifs is 2. The van der Waals surface area contributed by atoms with Gasteiger partial charge in [0, 0.05) is 43.9 Å². The van der Waals surface area contributed by atoms with Gasteiger partial charge in [0.05, 0.1) is 6.04 Å². The smallest absolute Gasteiger partial charge is 0.410 e. The Balaban J connectivity index is 1.60. The maximum absolute atomic E-state index is 13.2. The number of nitrogens with zero attached hydrogens (tertiary/aromatic N) is 3. The molecule has 2 aromatic heterocycles. The van der Waals surface area contributed by atoms with Crippen molar-refractivity contribution in [2.24, 2.45) is 0 Å². The molecule has 0 spiro atoms. The topological polar surface area (TPSA) is 87.8 Å².